The lowest BCUT2D eigenvalue weighted by Gasteiger charge is -2.03. The van der Waals surface area contributed by atoms with E-state index in [1.807, 2.05) is 42.6 Å². The van der Waals surface area contributed by atoms with Crippen molar-refractivity contribution >= 4 is 23.5 Å². The van der Waals surface area contributed by atoms with Gasteiger partial charge in [0.05, 0.1) is 19.7 Å². The number of carbonyl (C=O) groups excluding carboxylic acids is 1. The van der Waals surface area contributed by atoms with Crippen molar-refractivity contribution in [3.05, 3.63) is 51.7 Å². The monoisotopic (exact) mass is 288 g/mol. The summed E-state index contributed by atoms with van der Waals surface area (Å²) >= 11 is 1.59. The number of hydrazone groups is 1. The molecular formula is C15H16N2O2S. The first-order chi connectivity index (χ1) is 9.69. The number of rotatable bonds is 5. The number of hydrogen-bond donors (Lipinski definition) is 1. The summed E-state index contributed by atoms with van der Waals surface area (Å²) in [5, 5.41) is 5.96. The van der Waals surface area contributed by atoms with Crippen molar-refractivity contribution in [2.45, 2.75) is 13.3 Å². The van der Waals surface area contributed by atoms with Gasteiger partial charge in [-0.25, -0.2) is 5.43 Å². The van der Waals surface area contributed by atoms with E-state index in [9.17, 15) is 4.79 Å². The van der Waals surface area contributed by atoms with Crippen LogP contribution in [0.3, 0.4) is 0 Å². The minimum Gasteiger partial charge on any atom is -0.497 e. The lowest BCUT2D eigenvalue weighted by molar-refractivity contribution is -0.120. The highest BCUT2D eigenvalue weighted by Crippen LogP contribution is 2.13. The van der Waals surface area contributed by atoms with Crippen LogP contribution in [0.1, 0.15) is 16.0 Å². The third kappa shape index (κ3) is 3.93. The van der Waals surface area contributed by atoms with Gasteiger partial charge in [0.2, 0.25) is 5.91 Å². The van der Waals surface area contributed by atoms with Crippen LogP contribution in [-0.2, 0) is 11.2 Å². The van der Waals surface area contributed by atoms with Crippen LogP contribution in [0.2, 0.25) is 0 Å². The maximum atomic E-state index is 11.8. The van der Waals surface area contributed by atoms with Gasteiger partial charge in [0.25, 0.3) is 0 Å². The Bertz CT molecular complexity index is 620. The Morgan fingerprint density at radius 1 is 1.45 bits per heavy atom. The summed E-state index contributed by atoms with van der Waals surface area (Å²) in [5.74, 6) is 0.594. The summed E-state index contributed by atoms with van der Waals surface area (Å²) in [7, 11) is 1.60. The third-order valence-corrected chi connectivity index (χ3v) is 3.73. The molecule has 1 heterocycles. The van der Waals surface area contributed by atoms with E-state index in [4.69, 9.17) is 4.74 Å². The van der Waals surface area contributed by atoms with E-state index in [1.54, 1.807) is 24.7 Å². The van der Waals surface area contributed by atoms with Crippen LogP contribution in [0, 0.1) is 6.92 Å². The lowest BCUT2D eigenvalue weighted by atomic mass is 10.1. The first-order valence-corrected chi connectivity index (χ1v) is 7.06. The molecular weight excluding hydrogens is 272 g/mol. The van der Waals surface area contributed by atoms with E-state index < -0.39 is 0 Å². The largest absolute Gasteiger partial charge is 0.497 e. The zero-order valence-electron chi connectivity index (χ0n) is 11.4. The Labute approximate surface area is 122 Å². The molecule has 0 saturated heterocycles. The molecule has 5 heteroatoms. The normalized spacial score (nSPS) is 10.7. The van der Waals surface area contributed by atoms with Crippen LogP contribution in [0.4, 0.5) is 0 Å². The van der Waals surface area contributed by atoms with Crippen molar-refractivity contribution in [1.82, 2.24) is 5.43 Å². The number of nitrogens with one attached hydrogen (secondary N) is 1. The predicted octanol–water partition coefficient (Wildman–Crippen LogP) is 2.76. The highest BCUT2D eigenvalue weighted by Gasteiger charge is 2.03. The van der Waals surface area contributed by atoms with E-state index >= 15 is 0 Å². The Hall–Kier alpha value is -2.14. The number of thiophene rings is 1. The van der Waals surface area contributed by atoms with Crippen molar-refractivity contribution < 1.29 is 9.53 Å². The third-order valence-electron chi connectivity index (χ3n) is 2.77. The first-order valence-electron chi connectivity index (χ1n) is 6.18. The van der Waals surface area contributed by atoms with Gasteiger partial charge in [-0.05, 0) is 41.6 Å². The van der Waals surface area contributed by atoms with Crippen LogP contribution in [0.5, 0.6) is 5.75 Å². The predicted molar refractivity (Wildman–Crippen MR) is 81.5 cm³/mol. The van der Waals surface area contributed by atoms with Crippen LogP contribution >= 0.6 is 11.3 Å². The smallest absolute Gasteiger partial charge is 0.244 e. The first kappa shape index (κ1) is 14.3. The van der Waals surface area contributed by atoms with Gasteiger partial charge in [-0.15, -0.1) is 11.3 Å². The maximum Gasteiger partial charge on any atom is 0.244 e. The number of methoxy groups -OCH3 is 1. The molecule has 104 valence electrons. The van der Waals surface area contributed by atoms with E-state index in [2.05, 4.69) is 10.5 Å². The molecule has 0 spiro atoms. The fraction of sp³-hybridized carbons (Fsp3) is 0.200. The van der Waals surface area contributed by atoms with E-state index in [0.717, 1.165) is 21.8 Å². The van der Waals surface area contributed by atoms with Crippen molar-refractivity contribution in [1.29, 1.82) is 0 Å². The standard InChI is InChI=1S/C15H16N2O2S/c1-11-6-7-20-14(11)10-16-17-15(18)9-12-4-3-5-13(8-12)19-2/h3-8,10H,9H2,1-2H3,(H,17,18)/b16-10+. The molecule has 20 heavy (non-hydrogen) atoms. The molecule has 0 bridgehead atoms. The summed E-state index contributed by atoms with van der Waals surface area (Å²) in [6, 6.07) is 9.45. The molecule has 2 aromatic rings. The minimum atomic E-state index is -0.149. The van der Waals surface area contributed by atoms with Crippen molar-refractivity contribution in [3.63, 3.8) is 0 Å². The van der Waals surface area contributed by atoms with Crippen molar-refractivity contribution in [2.24, 2.45) is 5.10 Å². The topological polar surface area (TPSA) is 50.7 Å². The second-order valence-corrected chi connectivity index (χ2v) is 5.24. The van der Waals surface area contributed by atoms with Crippen molar-refractivity contribution in [3.8, 4) is 5.75 Å². The highest BCUT2D eigenvalue weighted by atomic mass is 32.1. The maximum absolute atomic E-state index is 11.8. The molecule has 1 N–H and O–H groups in total. The van der Waals surface area contributed by atoms with Gasteiger partial charge < -0.3 is 4.74 Å². The Balaban J connectivity index is 1.89. The van der Waals surface area contributed by atoms with E-state index in [0.29, 0.717) is 0 Å². The zero-order valence-corrected chi connectivity index (χ0v) is 12.2. The second-order valence-electron chi connectivity index (χ2n) is 4.29. The highest BCUT2D eigenvalue weighted by molar-refractivity contribution is 7.11. The molecule has 4 nitrogen and oxygen atoms in total. The van der Waals surface area contributed by atoms with Crippen LogP contribution in [0.25, 0.3) is 0 Å². The fourth-order valence-corrected chi connectivity index (χ4v) is 2.47. The molecule has 0 unspecified atom stereocenters. The van der Waals surface area contributed by atoms with Crippen molar-refractivity contribution in [2.75, 3.05) is 7.11 Å². The quantitative estimate of drug-likeness (QED) is 0.679. The Morgan fingerprint density at radius 2 is 2.30 bits per heavy atom. The Kier molecular flexibility index (Phi) is 4.90. The van der Waals surface area contributed by atoms with Gasteiger partial charge in [-0.1, -0.05) is 12.1 Å². The molecule has 0 aliphatic heterocycles. The van der Waals surface area contributed by atoms with Gasteiger partial charge in [-0.3, -0.25) is 4.79 Å². The molecule has 1 aromatic heterocycles. The molecule has 0 aliphatic carbocycles. The zero-order chi connectivity index (χ0) is 14.4. The summed E-state index contributed by atoms with van der Waals surface area (Å²) in [6.07, 6.45) is 1.95. The molecule has 2 rings (SSSR count). The molecule has 0 saturated carbocycles. The SMILES string of the molecule is COc1cccc(CC(=O)N/N=C/c2sccc2C)c1. The number of benzene rings is 1. The Morgan fingerprint density at radius 3 is 3.00 bits per heavy atom. The molecule has 0 radical (unpaired) electrons. The number of carbonyl (C=O) groups is 1. The average Bonchev–Trinajstić information content (AvgIpc) is 2.85. The van der Waals surface area contributed by atoms with Gasteiger partial charge in [0.15, 0.2) is 0 Å². The molecule has 0 fully saturated rings. The molecule has 1 aromatic carbocycles. The van der Waals surface area contributed by atoms with E-state index in [-0.39, 0.29) is 12.3 Å². The molecule has 0 atom stereocenters. The lowest BCUT2D eigenvalue weighted by Crippen LogP contribution is -2.19. The summed E-state index contributed by atoms with van der Waals surface area (Å²) in [6.45, 7) is 2.01. The second kappa shape index (κ2) is 6.86. The van der Waals surface area contributed by atoms with Gasteiger partial charge in [0.1, 0.15) is 5.75 Å². The number of aryl methyl sites for hydroxylation is 1. The van der Waals surface area contributed by atoms with Crippen LogP contribution in [-0.4, -0.2) is 19.2 Å². The summed E-state index contributed by atoms with van der Waals surface area (Å²) < 4.78 is 5.12. The minimum absolute atomic E-state index is 0.149. The summed E-state index contributed by atoms with van der Waals surface area (Å²) in [5.41, 5.74) is 4.58. The van der Waals surface area contributed by atoms with Crippen LogP contribution in [0.15, 0.2) is 40.8 Å². The van der Waals surface area contributed by atoms with Crippen LogP contribution < -0.4 is 10.2 Å². The van der Waals surface area contributed by atoms with Gasteiger partial charge >= 0.3 is 0 Å². The molecule has 0 aliphatic rings. The number of hydrogen-bond acceptors (Lipinski definition) is 4. The number of ether oxygens (including phenoxy) is 1. The van der Waals surface area contributed by atoms with Gasteiger partial charge in [0, 0.05) is 4.88 Å². The fourth-order valence-electron chi connectivity index (χ4n) is 1.69. The average molecular weight is 288 g/mol. The van der Waals surface area contributed by atoms with E-state index in [1.165, 1.54) is 0 Å². The number of amides is 1. The van der Waals surface area contributed by atoms with Gasteiger partial charge in [-0.2, -0.15) is 5.10 Å². The summed E-state index contributed by atoms with van der Waals surface area (Å²) in [4.78, 5) is 12.8. The molecule has 1 amide bonds. The number of nitrogens with zero attached hydrogens (tertiary/aromatic N) is 1.